The molecule has 1 unspecified atom stereocenters. The minimum atomic E-state index is -0.374. The summed E-state index contributed by atoms with van der Waals surface area (Å²) in [6.07, 6.45) is 1.04. The molecule has 0 saturated heterocycles. The fourth-order valence-corrected chi connectivity index (χ4v) is 1.89. The molecule has 0 bridgehead atoms. The molecule has 0 radical (unpaired) electrons. The van der Waals surface area contributed by atoms with Crippen molar-refractivity contribution in [1.82, 2.24) is 0 Å². The van der Waals surface area contributed by atoms with E-state index in [1.54, 1.807) is 26.2 Å². The van der Waals surface area contributed by atoms with Gasteiger partial charge in [0.05, 0.1) is 13.2 Å². The highest BCUT2D eigenvalue weighted by Gasteiger charge is 2.08. The average molecular weight is 248 g/mol. The molecule has 0 amide bonds. The molecule has 1 aromatic carbocycles. The minimum Gasteiger partial charge on any atom is -0.496 e. The first-order valence-electron chi connectivity index (χ1n) is 5.89. The summed E-state index contributed by atoms with van der Waals surface area (Å²) in [7, 11) is 1.58. The van der Waals surface area contributed by atoms with Crippen LogP contribution in [0.15, 0.2) is 33.5 Å². The van der Waals surface area contributed by atoms with E-state index in [0.717, 1.165) is 17.4 Å². The Morgan fingerprint density at radius 3 is 2.83 bits per heavy atom. The number of aliphatic hydroxyl groups excluding tert-OH is 1. The predicted octanol–water partition coefficient (Wildman–Crippen LogP) is 2.12. The van der Waals surface area contributed by atoms with E-state index in [-0.39, 0.29) is 11.7 Å². The first-order valence-corrected chi connectivity index (χ1v) is 5.89. The summed E-state index contributed by atoms with van der Waals surface area (Å²) in [5.41, 5.74) is 1.14. The van der Waals surface area contributed by atoms with E-state index >= 15 is 0 Å². The van der Waals surface area contributed by atoms with E-state index in [1.165, 1.54) is 6.07 Å². The maximum Gasteiger partial charge on any atom is 0.336 e. The summed E-state index contributed by atoms with van der Waals surface area (Å²) >= 11 is 0. The fourth-order valence-electron chi connectivity index (χ4n) is 1.89. The minimum absolute atomic E-state index is 0.348. The molecular weight excluding hydrogens is 232 g/mol. The topological polar surface area (TPSA) is 59.7 Å². The van der Waals surface area contributed by atoms with Crippen LogP contribution in [0.5, 0.6) is 5.75 Å². The quantitative estimate of drug-likeness (QED) is 0.842. The maximum absolute atomic E-state index is 11.1. The standard InChI is InChI=1S/C14H16O4/c1-9(15)3-4-10-7-11-5-6-14(16)18-13(11)8-12(10)17-2/h5-9,15H,3-4H2,1-2H3. The normalized spacial score (nSPS) is 12.6. The van der Waals surface area contributed by atoms with Gasteiger partial charge in [0.15, 0.2) is 0 Å². The number of benzene rings is 1. The Hall–Kier alpha value is -1.81. The largest absolute Gasteiger partial charge is 0.496 e. The van der Waals surface area contributed by atoms with Crippen LogP contribution in [-0.2, 0) is 6.42 Å². The Bertz CT molecular complexity index is 598. The van der Waals surface area contributed by atoms with Gasteiger partial charge in [0, 0.05) is 17.5 Å². The second-order valence-electron chi connectivity index (χ2n) is 4.34. The SMILES string of the molecule is COc1cc2oc(=O)ccc2cc1CCC(C)O. The highest BCUT2D eigenvalue weighted by molar-refractivity contribution is 5.79. The van der Waals surface area contributed by atoms with Gasteiger partial charge in [0.1, 0.15) is 11.3 Å². The molecule has 2 rings (SSSR count). The fraction of sp³-hybridized carbons (Fsp3) is 0.357. The summed E-state index contributed by atoms with van der Waals surface area (Å²) in [5.74, 6) is 0.678. The number of rotatable bonds is 4. The molecule has 0 spiro atoms. The molecule has 0 aliphatic rings. The molecule has 4 nitrogen and oxygen atoms in total. The van der Waals surface area contributed by atoms with Gasteiger partial charge < -0.3 is 14.3 Å². The zero-order valence-corrected chi connectivity index (χ0v) is 10.5. The Labute approximate surface area is 105 Å². The van der Waals surface area contributed by atoms with Crippen LogP contribution >= 0.6 is 0 Å². The van der Waals surface area contributed by atoms with Crippen molar-refractivity contribution < 1.29 is 14.3 Å². The Morgan fingerprint density at radius 1 is 1.39 bits per heavy atom. The molecule has 0 saturated carbocycles. The smallest absolute Gasteiger partial charge is 0.336 e. The average Bonchev–Trinajstić information content (AvgIpc) is 2.35. The lowest BCUT2D eigenvalue weighted by molar-refractivity contribution is 0.184. The van der Waals surface area contributed by atoms with Gasteiger partial charge in [-0.05, 0) is 37.5 Å². The second kappa shape index (κ2) is 5.23. The van der Waals surface area contributed by atoms with Crippen LogP contribution in [0.2, 0.25) is 0 Å². The third-order valence-corrected chi connectivity index (χ3v) is 2.85. The first kappa shape index (κ1) is 12.6. The third kappa shape index (κ3) is 2.71. The van der Waals surface area contributed by atoms with E-state index in [1.807, 2.05) is 6.07 Å². The molecule has 0 aliphatic heterocycles. The molecule has 2 aromatic rings. The Kier molecular flexibility index (Phi) is 3.67. The van der Waals surface area contributed by atoms with E-state index in [2.05, 4.69) is 0 Å². The van der Waals surface area contributed by atoms with Crippen molar-refractivity contribution in [2.75, 3.05) is 7.11 Å². The monoisotopic (exact) mass is 248 g/mol. The molecule has 4 heteroatoms. The number of hydrogen-bond acceptors (Lipinski definition) is 4. The number of methoxy groups -OCH3 is 1. The molecule has 0 fully saturated rings. The van der Waals surface area contributed by atoms with Gasteiger partial charge in [-0.25, -0.2) is 4.79 Å². The van der Waals surface area contributed by atoms with Gasteiger partial charge >= 0.3 is 5.63 Å². The predicted molar refractivity (Wildman–Crippen MR) is 69.0 cm³/mol. The number of fused-ring (bicyclic) bond motifs is 1. The second-order valence-corrected chi connectivity index (χ2v) is 4.34. The lowest BCUT2D eigenvalue weighted by Crippen LogP contribution is -2.03. The van der Waals surface area contributed by atoms with Crippen LogP contribution in [0.4, 0.5) is 0 Å². The van der Waals surface area contributed by atoms with Crippen molar-refractivity contribution in [1.29, 1.82) is 0 Å². The molecule has 96 valence electrons. The van der Waals surface area contributed by atoms with Gasteiger partial charge in [-0.15, -0.1) is 0 Å². The molecule has 1 atom stereocenters. The summed E-state index contributed by atoms with van der Waals surface area (Å²) in [6.45, 7) is 1.76. The zero-order valence-electron chi connectivity index (χ0n) is 10.5. The van der Waals surface area contributed by atoms with E-state index in [0.29, 0.717) is 17.8 Å². The highest BCUT2D eigenvalue weighted by Crippen LogP contribution is 2.26. The lowest BCUT2D eigenvalue weighted by Gasteiger charge is -2.10. The molecule has 1 aromatic heterocycles. The summed E-state index contributed by atoms with van der Waals surface area (Å²) in [6, 6.07) is 6.77. The number of aryl methyl sites for hydroxylation is 1. The van der Waals surface area contributed by atoms with E-state index in [9.17, 15) is 9.90 Å². The van der Waals surface area contributed by atoms with Crippen molar-refractivity contribution in [2.45, 2.75) is 25.9 Å². The number of hydrogen-bond donors (Lipinski definition) is 1. The lowest BCUT2D eigenvalue weighted by atomic mass is 10.0. The van der Waals surface area contributed by atoms with Crippen LogP contribution in [-0.4, -0.2) is 18.3 Å². The Balaban J connectivity index is 2.45. The van der Waals surface area contributed by atoms with E-state index < -0.39 is 0 Å². The van der Waals surface area contributed by atoms with Crippen LogP contribution < -0.4 is 10.4 Å². The molecular formula is C14H16O4. The molecule has 1 N–H and O–H groups in total. The highest BCUT2D eigenvalue weighted by atomic mass is 16.5. The van der Waals surface area contributed by atoms with Gasteiger partial charge in [-0.3, -0.25) is 0 Å². The summed E-state index contributed by atoms with van der Waals surface area (Å²) in [4.78, 5) is 11.1. The Morgan fingerprint density at radius 2 is 2.17 bits per heavy atom. The van der Waals surface area contributed by atoms with Crippen LogP contribution in [0.3, 0.4) is 0 Å². The van der Waals surface area contributed by atoms with Gasteiger partial charge in [-0.2, -0.15) is 0 Å². The van der Waals surface area contributed by atoms with Crippen LogP contribution in [0.1, 0.15) is 18.9 Å². The number of ether oxygens (including phenoxy) is 1. The van der Waals surface area contributed by atoms with Crippen molar-refractivity contribution >= 4 is 11.0 Å². The van der Waals surface area contributed by atoms with Crippen molar-refractivity contribution in [3.63, 3.8) is 0 Å². The van der Waals surface area contributed by atoms with Gasteiger partial charge in [0.25, 0.3) is 0 Å². The first-order chi connectivity index (χ1) is 8.60. The van der Waals surface area contributed by atoms with Crippen molar-refractivity contribution in [2.24, 2.45) is 0 Å². The van der Waals surface area contributed by atoms with E-state index in [4.69, 9.17) is 9.15 Å². The van der Waals surface area contributed by atoms with Gasteiger partial charge in [0.2, 0.25) is 0 Å². The van der Waals surface area contributed by atoms with Gasteiger partial charge in [-0.1, -0.05) is 0 Å². The molecule has 0 aliphatic carbocycles. The van der Waals surface area contributed by atoms with Crippen molar-refractivity contribution in [3.8, 4) is 5.75 Å². The molecule has 18 heavy (non-hydrogen) atoms. The third-order valence-electron chi connectivity index (χ3n) is 2.85. The molecule has 1 heterocycles. The van der Waals surface area contributed by atoms with Crippen molar-refractivity contribution in [3.05, 3.63) is 40.2 Å². The van der Waals surface area contributed by atoms with Crippen LogP contribution in [0.25, 0.3) is 11.0 Å². The summed E-state index contributed by atoms with van der Waals surface area (Å²) < 4.78 is 10.4. The zero-order chi connectivity index (χ0) is 13.1. The van der Waals surface area contributed by atoms with Crippen LogP contribution in [0, 0.1) is 0 Å². The maximum atomic E-state index is 11.1. The number of aliphatic hydroxyl groups is 1. The summed E-state index contributed by atoms with van der Waals surface area (Å²) in [5, 5.41) is 10.2.